The monoisotopic (exact) mass is 405 g/mol. The van der Waals surface area contributed by atoms with Gasteiger partial charge in [-0.05, 0) is 41.3 Å². The van der Waals surface area contributed by atoms with Gasteiger partial charge in [-0.15, -0.1) is 0 Å². The van der Waals surface area contributed by atoms with E-state index in [2.05, 4.69) is 36.2 Å². The van der Waals surface area contributed by atoms with Crippen molar-refractivity contribution in [2.75, 3.05) is 10.4 Å². The van der Waals surface area contributed by atoms with Gasteiger partial charge in [-0.3, -0.25) is 10.2 Å². The van der Waals surface area contributed by atoms with Gasteiger partial charge in [0.1, 0.15) is 17.5 Å². The molecule has 0 spiro atoms. The van der Waals surface area contributed by atoms with Gasteiger partial charge in [-0.25, -0.2) is 19.4 Å². The van der Waals surface area contributed by atoms with Gasteiger partial charge in [0.05, 0.1) is 5.69 Å². The molecule has 8 heteroatoms. The summed E-state index contributed by atoms with van der Waals surface area (Å²) < 4.78 is 20.0. The predicted octanol–water partition coefficient (Wildman–Crippen LogP) is 4.57. The van der Waals surface area contributed by atoms with Crippen LogP contribution in [0.25, 0.3) is 0 Å². The molecule has 0 atom stereocenters. The van der Waals surface area contributed by atoms with Crippen LogP contribution in [0.1, 0.15) is 32.0 Å². The molecule has 1 amide bonds. The van der Waals surface area contributed by atoms with Crippen LogP contribution in [-0.2, 0) is 10.2 Å². The number of nitriles is 1. The van der Waals surface area contributed by atoms with Gasteiger partial charge in [0.25, 0.3) is 0 Å². The lowest BCUT2D eigenvalue weighted by Crippen LogP contribution is -2.29. The first-order valence-electron chi connectivity index (χ1n) is 9.11. The first kappa shape index (κ1) is 20.7. The van der Waals surface area contributed by atoms with Crippen LogP contribution in [0.5, 0.6) is 11.5 Å². The number of benzene rings is 1. The Bertz CT molecular complexity index is 1110. The molecule has 0 saturated carbocycles. The molecule has 3 aromatic rings. The molecule has 7 nitrogen and oxygen atoms in total. The highest BCUT2D eigenvalue weighted by Gasteiger charge is 2.17. The molecule has 2 heterocycles. The SMILES string of the molecule is CC(C)(C)c1ccnc(N(C=O)Nc2ccc(Oc3ccnc(C#N)c3)c(F)c2)c1. The van der Waals surface area contributed by atoms with Gasteiger partial charge in [-0.1, -0.05) is 20.8 Å². The van der Waals surface area contributed by atoms with E-state index in [1.165, 1.54) is 35.5 Å². The van der Waals surface area contributed by atoms with Crippen LogP contribution in [0.4, 0.5) is 15.9 Å². The molecule has 0 saturated heterocycles. The Morgan fingerprint density at radius 2 is 1.90 bits per heavy atom. The van der Waals surface area contributed by atoms with Gasteiger partial charge in [0.2, 0.25) is 6.41 Å². The number of pyridine rings is 2. The minimum Gasteiger partial charge on any atom is -0.454 e. The molecule has 0 radical (unpaired) electrons. The molecular formula is C22H20FN5O2. The molecule has 0 bridgehead atoms. The Labute approximate surface area is 173 Å². The summed E-state index contributed by atoms with van der Waals surface area (Å²) >= 11 is 0. The van der Waals surface area contributed by atoms with E-state index in [9.17, 15) is 9.18 Å². The highest BCUT2D eigenvalue weighted by molar-refractivity contribution is 5.77. The number of aromatic nitrogens is 2. The largest absolute Gasteiger partial charge is 0.454 e. The van der Waals surface area contributed by atoms with Gasteiger partial charge in [0, 0.05) is 24.5 Å². The van der Waals surface area contributed by atoms with Crippen LogP contribution in [-0.4, -0.2) is 16.4 Å². The number of halogens is 1. The number of hydrogen-bond acceptors (Lipinski definition) is 6. The van der Waals surface area contributed by atoms with Crippen molar-refractivity contribution < 1.29 is 13.9 Å². The molecule has 3 rings (SSSR count). The summed E-state index contributed by atoms with van der Waals surface area (Å²) in [5.41, 5.74) is 4.22. The average Bonchev–Trinajstić information content (AvgIpc) is 2.73. The van der Waals surface area contributed by atoms with E-state index in [0.717, 1.165) is 5.56 Å². The predicted molar refractivity (Wildman–Crippen MR) is 111 cm³/mol. The number of rotatable bonds is 6. The highest BCUT2D eigenvalue weighted by atomic mass is 19.1. The highest BCUT2D eigenvalue weighted by Crippen LogP contribution is 2.28. The lowest BCUT2D eigenvalue weighted by Gasteiger charge is -2.23. The van der Waals surface area contributed by atoms with E-state index in [0.29, 0.717) is 23.7 Å². The van der Waals surface area contributed by atoms with E-state index in [-0.39, 0.29) is 16.9 Å². The Morgan fingerprint density at radius 3 is 2.57 bits per heavy atom. The van der Waals surface area contributed by atoms with Crippen molar-refractivity contribution in [3.63, 3.8) is 0 Å². The molecule has 0 unspecified atom stereocenters. The molecule has 30 heavy (non-hydrogen) atoms. The number of nitrogens with zero attached hydrogens (tertiary/aromatic N) is 4. The van der Waals surface area contributed by atoms with Crippen molar-refractivity contribution in [1.82, 2.24) is 9.97 Å². The van der Waals surface area contributed by atoms with Gasteiger partial charge < -0.3 is 4.74 Å². The van der Waals surface area contributed by atoms with E-state index in [1.807, 2.05) is 12.1 Å². The topological polar surface area (TPSA) is 91.1 Å². The minimum atomic E-state index is -0.641. The zero-order valence-electron chi connectivity index (χ0n) is 16.8. The van der Waals surface area contributed by atoms with Crippen molar-refractivity contribution in [3.8, 4) is 17.6 Å². The fourth-order valence-electron chi connectivity index (χ4n) is 2.61. The number of carbonyl (C=O) groups is 1. The quantitative estimate of drug-likeness (QED) is 0.477. The van der Waals surface area contributed by atoms with E-state index in [4.69, 9.17) is 10.00 Å². The summed E-state index contributed by atoms with van der Waals surface area (Å²) in [5.74, 6) is 0.0107. The zero-order chi connectivity index (χ0) is 21.7. The third-order valence-electron chi connectivity index (χ3n) is 4.22. The van der Waals surface area contributed by atoms with Gasteiger partial charge >= 0.3 is 0 Å². The molecule has 0 fully saturated rings. The number of hydrazine groups is 1. The van der Waals surface area contributed by atoms with E-state index >= 15 is 0 Å². The molecule has 2 aromatic heterocycles. The summed E-state index contributed by atoms with van der Waals surface area (Å²) in [6.45, 7) is 6.17. The number of carbonyl (C=O) groups excluding carboxylic acids is 1. The summed E-state index contributed by atoms with van der Waals surface area (Å²) in [5, 5.41) is 10.1. The second-order valence-corrected chi connectivity index (χ2v) is 7.48. The summed E-state index contributed by atoms with van der Waals surface area (Å²) in [6, 6.07) is 12.7. The summed E-state index contributed by atoms with van der Waals surface area (Å²) in [7, 11) is 0. The third-order valence-corrected chi connectivity index (χ3v) is 4.22. The Morgan fingerprint density at radius 1 is 1.13 bits per heavy atom. The second-order valence-electron chi connectivity index (χ2n) is 7.48. The Hall–Kier alpha value is -3.99. The second kappa shape index (κ2) is 8.57. The maximum Gasteiger partial charge on any atom is 0.234 e. The van der Waals surface area contributed by atoms with Crippen molar-refractivity contribution in [2.24, 2.45) is 0 Å². The molecular weight excluding hydrogens is 385 g/mol. The fourth-order valence-corrected chi connectivity index (χ4v) is 2.61. The van der Waals surface area contributed by atoms with Crippen molar-refractivity contribution in [3.05, 3.63) is 71.9 Å². The minimum absolute atomic E-state index is 0.0267. The van der Waals surface area contributed by atoms with Crippen LogP contribution >= 0.6 is 0 Å². The molecule has 0 aliphatic heterocycles. The fraction of sp³-hybridized carbons (Fsp3) is 0.182. The van der Waals surface area contributed by atoms with Crippen LogP contribution in [0, 0.1) is 17.1 Å². The van der Waals surface area contributed by atoms with E-state index < -0.39 is 5.82 Å². The molecule has 152 valence electrons. The number of amides is 1. The van der Waals surface area contributed by atoms with Crippen molar-refractivity contribution in [2.45, 2.75) is 26.2 Å². The van der Waals surface area contributed by atoms with Crippen molar-refractivity contribution >= 4 is 17.9 Å². The first-order chi connectivity index (χ1) is 14.3. The standard InChI is InChI=1S/C22H20FN5O2/c1-22(2,3)15-6-8-26-21(10-15)28(14-29)27-16-4-5-20(19(23)12-16)30-18-7-9-25-17(11-18)13-24/h4-12,14,27H,1-3H3. The lowest BCUT2D eigenvalue weighted by molar-refractivity contribution is -0.107. The van der Waals surface area contributed by atoms with Crippen LogP contribution in [0.15, 0.2) is 54.9 Å². The number of hydrogen-bond donors (Lipinski definition) is 1. The third kappa shape index (κ3) is 4.89. The Balaban J connectivity index is 1.79. The van der Waals surface area contributed by atoms with Crippen molar-refractivity contribution in [1.29, 1.82) is 5.26 Å². The van der Waals surface area contributed by atoms with Crippen LogP contribution in [0.2, 0.25) is 0 Å². The van der Waals surface area contributed by atoms with Gasteiger partial charge in [0.15, 0.2) is 17.4 Å². The molecule has 0 aliphatic carbocycles. The normalized spacial score (nSPS) is 10.8. The first-order valence-corrected chi connectivity index (χ1v) is 9.11. The average molecular weight is 405 g/mol. The lowest BCUT2D eigenvalue weighted by atomic mass is 9.88. The summed E-state index contributed by atoms with van der Waals surface area (Å²) in [4.78, 5) is 19.6. The molecule has 1 aromatic carbocycles. The van der Waals surface area contributed by atoms with Gasteiger partial charge in [-0.2, -0.15) is 5.26 Å². The maximum atomic E-state index is 14.5. The molecule has 0 aliphatic rings. The van der Waals surface area contributed by atoms with Crippen LogP contribution in [0.3, 0.4) is 0 Å². The van der Waals surface area contributed by atoms with Crippen LogP contribution < -0.4 is 15.2 Å². The van der Waals surface area contributed by atoms with E-state index in [1.54, 1.807) is 18.3 Å². The molecule has 1 N–H and O–H groups in total. The Kier molecular flexibility index (Phi) is 5.93. The summed E-state index contributed by atoms with van der Waals surface area (Å²) in [6.07, 6.45) is 3.59. The number of anilines is 2. The number of ether oxygens (including phenoxy) is 1. The zero-order valence-corrected chi connectivity index (χ0v) is 16.8. The number of nitrogens with one attached hydrogen (secondary N) is 1. The smallest absolute Gasteiger partial charge is 0.234 e. The maximum absolute atomic E-state index is 14.5.